The molecular formula is C25H28N4O5. The Morgan fingerprint density at radius 2 is 1.79 bits per heavy atom. The largest absolute Gasteiger partial charge is 0.493 e. The van der Waals surface area contributed by atoms with E-state index >= 15 is 0 Å². The number of rotatable bonds is 6. The van der Waals surface area contributed by atoms with E-state index in [0.29, 0.717) is 50.9 Å². The predicted molar refractivity (Wildman–Crippen MR) is 127 cm³/mol. The lowest BCUT2D eigenvalue weighted by Crippen LogP contribution is -2.48. The monoisotopic (exact) mass is 464 g/mol. The molecule has 0 bridgehead atoms. The van der Waals surface area contributed by atoms with Crippen LogP contribution in [-0.4, -0.2) is 78.5 Å². The smallest absolute Gasteiger partial charge is 0.407 e. The van der Waals surface area contributed by atoms with E-state index in [1.165, 1.54) is 4.90 Å². The van der Waals surface area contributed by atoms with Crippen molar-refractivity contribution in [3.05, 3.63) is 54.7 Å². The molecule has 2 aliphatic heterocycles. The summed E-state index contributed by atoms with van der Waals surface area (Å²) in [7, 11) is 1.64. The number of nitrogens with zero attached hydrogens (tertiary/aromatic N) is 4. The Bertz CT molecular complexity index is 1130. The van der Waals surface area contributed by atoms with Gasteiger partial charge in [0, 0.05) is 43.9 Å². The van der Waals surface area contributed by atoms with Gasteiger partial charge in [0.25, 0.3) is 0 Å². The fourth-order valence-electron chi connectivity index (χ4n) is 4.40. The molecule has 9 heteroatoms. The molecule has 0 spiro atoms. The minimum absolute atomic E-state index is 0.0268. The highest BCUT2D eigenvalue weighted by atomic mass is 16.6. The second-order valence-corrected chi connectivity index (χ2v) is 8.37. The van der Waals surface area contributed by atoms with Crippen molar-refractivity contribution in [1.29, 1.82) is 0 Å². The zero-order valence-corrected chi connectivity index (χ0v) is 19.1. The number of carboxylic acid groups (broad SMARTS) is 1. The van der Waals surface area contributed by atoms with Gasteiger partial charge in [0.15, 0.2) is 11.5 Å². The van der Waals surface area contributed by atoms with Crippen LogP contribution in [0, 0.1) is 0 Å². The first-order chi connectivity index (χ1) is 16.6. The first-order valence-corrected chi connectivity index (χ1v) is 11.4. The molecule has 9 nitrogen and oxygen atoms in total. The second-order valence-electron chi connectivity index (χ2n) is 8.37. The summed E-state index contributed by atoms with van der Waals surface area (Å²) in [5, 5.41) is 13.7. The van der Waals surface area contributed by atoms with Crippen molar-refractivity contribution in [3.63, 3.8) is 0 Å². The van der Waals surface area contributed by atoms with Crippen LogP contribution in [0.2, 0.25) is 0 Å². The van der Waals surface area contributed by atoms with Crippen LogP contribution >= 0.6 is 0 Å². The number of benzene rings is 2. The number of carbonyl (C=O) groups is 1. The topological polar surface area (TPSA) is 89.3 Å². The zero-order chi connectivity index (χ0) is 23.5. The number of hydrogen-bond donors (Lipinski definition) is 1. The molecule has 1 aromatic heterocycles. The van der Waals surface area contributed by atoms with Gasteiger partial charge in [0.05, 0.1) is 37.9 Å². The fourth-order valence-corrected chi connectivity index (χ4v) is 4.40. The number of methoxy groups -OCH3 is 1. The van der Waals surface area contributed by atoms with Crippen LogP contribution in [0.5, 0.6) is 11.5 Å². The predicted octanol–water partition coefficient (Wildman–Crippen LogP) is 3.52. The molecular weight excluding hydrogens is 436 g/mol. The normalized spacial score (nSPS) is 18.2. The summed E-state index contributed by atoms with van der Waals surface area (Å²) in [6.45, 7) is 3.68. The number of ether oxygens (including phenoxy) is 3. The number of anilines is 1. The van der Waals surface area contributed by atoms with Gasteiger partial charge in [-0.05, 0) is 48.5 Å². The zero-order valence-electron chi connectivity index (χ0n) is 19.1. The molecule has 34 heavy (non-hydrogen) atoms. The van der Waals surface area contributed by atoms with Crippen molar-refractivity contribution in [2.45, 2.75) is 12.5 Å². The Morgan fingerprint density at radius 3 is 2.47 bits per heavy atom. The van der Waals surface area contributed by atoms with Gasteiger partial charge in [-0.25, -0.2) is 9.48 Å². The summed E-state index contributed by atoms with van der Waals surface area (Å²) in [5.41, 5.74) is 3.93. The number of piperazine rings is 1. The van der Waals surface area contributed by atoms with Crippen molar-refractivity contribution in [3.8, 4) is 28.4 Å². The van der Waals surface area contributed by atoms with Gasteiger partial charge < -0.3 is 29.1 Å². The first-order valence-electron chi connectivity index (χ1n) is 11.4. The van der Waals surface area contributed by atoms with Gasteiger partial charge >= 0.3 is 6.09 Å². The van der Waals surface area contributed by atoms with E-state index in [0.717, 1.165) is 29.1 Å². The number of amides is 1. The van der Waals surface area contributed by atoms with E-state index in [2.05, 4.69) is 22.1 Å². The molecule has 2 fully saturated rings. The maximum atomic E-state index is 11.1. The van der Waals surface area contributed by atoms with Gasteiger partial charge in [-0.2, -0.15) is 5.10 Å². The lowest BCUT2D eigenvalue weighted by molar-refractivity contribution is 0.138. The third-order valence-electron chi connectivity index (χ3n) is 6.29. The van der Waals surface area contributed by atoms with E-state index in [-0.39, 0.29) is 6.10 Å². The Hall–Kier alpha value is -3.72. The lowest BCUT2D eigenvalue weighted by atomic mass is 10.1. The fraction of sp³-hybridized carbons (Fsp3) is 0.360. The standard InChI is InChI=1S/C25H28N4O5/c1-32-23-7-2-18(16-24(23)34-21-9-15-33-17-21)22-8-10-26-29(22)20-5-3-19(4-6-20)27-11-13-28(14-12-27)25(30)31/h2-8,10,16,21H,9,11-15,17H2,1H3,(H,30,31)/t21-/m1/s1. The summed E-state index contributed by atoms with van der Waals surface area (Å²) in [5.74, 6) is 1.38. The lowest BCUT2D eigenvalue weighted by Gasteiger charge is -2.34. The minimum Gasteiger partial charge on any atom is -0.493 e. The molecule has 0 saturated carbocycles. The quantitative estimate of drug-likeness (QED) is 0.597. The molecule has 0 radical (unpaired) electrons. The van der Waals surface area contributed by atoms with Gasteiger partial charge in [0.1, 0.15) is 6.10 Å². The molecule has 3 heterocycles. The Kier molecular flexibility index (Phi) is 6.27. The Labute approximate surface area is 198 Å². The molecule has 2 aliphatic rings. The molecule has 3 aromatic rings. The maximum Gasteiger partial charge on any atom is 0.407 e. The summed E-state index contributed by atoms with van der Waals surface area (Å²) in [4.78, 5) is 14.8. The van der Waals surface area contributed by atoms with Gasteiger partial charge in [-0.15, -0.1) is 0 Å². The molecule has 2 saturated heterocycles. The van der Waals surface area contributed by atoms with Crippen molar-refractivity contribution >= 4 is 11.8 Å². The Balaban J connectivity index is 1.36. The maximum absolute atomic E-state index is 11.1. The molecule has 1 atom stereocenters. The molecule has 0 unspecified atom stereocenters. The van der Waals surface area contributed by atoms with Gasteiger partial charge in [-0.3, -0.25) is 0 Å². The van der Waals surface area contributed by atoms with Gasteiger partial charge in [-0.1, -0.05) is 0 Å². The van der Waals surface area contributed by atoms with Crippen LogP contribution in [-0.2, 0) is 4.74 Å². The molecule has 0 aliphatic carbocycles. The highest BCUT2D eigenvalue weighted by Gasteiger charge is 2.22. The van der Waals surface area contributed by atoms with Crippen LogP contribution < -0.4 is 14.4 Å². The third kappa shape index (κ3) is 4.51. The third-order valence-corrected chi connectivity index (χ3v) is 6.29. The summed E-state index contributed by atoms with van der Waals surface area (Å²) >= 11 is 0. The van der Waals surface area contributed by atoms with Gasteiger partial charge in [0.2, 0.25) is 0 Å². The van der Waals surface area contributed by atoms with Crippen LogP contribution in [0.25, 0.3) is 16.9 Å². The van der Waals surface area contributed by atoms with E-state index in [9.17, 15) is 4.79 Å². The average molecular weight is 465 g/mol. The summed E-state index contributed by atoms with van der Waals surface area (Å²) in [6, 6.07) is 16.1. The van der Waals surface area contributed by atoms with Crippen LogP contribution in [0.15, 0.2) is 54.7 Å². The molecule has 2 aromatic carbocycles. The number of hydrogen-bond acceptors (Lipinski definition) is 6. The summed E-state index contributed by atoms with van der Waals surface area (Å²) < 4.78 is 19.0. The van der Waals surface area contributed by atoms with E-state index in [1.807, 2.05) is 41.1 Å². The highest BCUT2D eigenvalue weighted by molar-refractivity contribution is 5.67. The highest BCUT2D eigenvalue weighted by Crippen LogP contribution is 2.35. The van der Waals surface area contributed by atoms with Crippen LogP contribution in [0.1, 0.15) is 6.42 Å². The second kappa shape index (κ2) is 9.64. The minimum atomic E-state index is -0.857. The van der Waals surface area contributed by atoms with E-state index < -0.39 is 6.09 Å². The average Bonchev–Trinajstić information content (AvgIpc) is 3.57. The molecule has 1 N–H and O–H groups in total. The van der Waals surface area contributed by atoms with E-state index in [4.69, 9.17) is 19.3 Å². The Morgan fingerprint density at radius 1 is 1.03 bits per heavy atom. The molecule has 1 amide bonds. The van der Waals surface area contributed by atoms with Crippen molar-refractivity contribution in [1.82, 2.24) is 14.7 Å². The molecule has 5 rings (SSSR count). The van der Waals surface area contributed by atoms with E-state index in [1.54, 1.807) is 13.3 Å². The van der Waals surface area contributed by atoms with Crippen LogP contribution in [0.3, 0.4) is 0 Å². The van der Waals surface area contributed by atoms with Crippen molar-refractivity contribution in [2.75, 3.05) is 51.4 Å². The first kappa shape index (κ1) is 22.1. The SMILES string of the molecule is COc1ccc(-c2ccnn2-c2ccc(N3CCN(C(=O)O)CC3)cc2)cc1O[C@@H]1CCOC1. The van der Waals surface area contributed by atoms with Crippen molar-refractivity contribution in [2.24, 2.45) is 0 Å². The molecule has 178 valence electrons. The number of aromatic nitrogens is 2. The summed E-state index contributed by atoms with van der Waals surface area (Å²) in [6.07, 6.45) is 1.82. The van der Waals surface area contributed by atoms with Crippen molar-refractivity contribution < 1.29 is 24.1 Å². The van der Waals surface area contributed by atoms with Crippen LogP contribution in [0.4, 0.5) is 10.5 Å².